The van der Waals surface area contributed by atoms with Gasteiger partial charge >= 0.3 is 0 Å². The van der Waals surface area contributed by atoms with Crippen LogP contribution in [0.3, 0.4) is 0 Å². The Labute approximate surface area is 183 Å². The Balaban J connectivity index is 1.56. The van der Waals surface area contributed by atoms with Gasteiger partial charge in [-0.05, 0) is 18.6 Å². The van der Waals surface area contributed by atoms with Crippen molar-refractivity contribution in [2.24, 2.45) is 0 Å². The summed E-state index contributed by atoms with van der Waals surface area (Å²) in [5.41, 5.74) is 3.05. The van der Waals surface area contributed by atoms with Gasteiger partial charge in [-0.2, -0.15) is 4.98 Å². The van der Waals surface area contributed by atoms with Crippen molar-refractivity contribution in [1.82, 2.24) is 15.2 Å². The maximum Gasteiger partial charge on any atom is 0.247 e. The molecule has 2 aromatic carbocycles. The maximum atomic E-state index is 6.56. The molecular formula is C21H19ClN4O3S. The van der Waals surface area contributed by atoms with Crippen LogP contribution in [0, 0.1) is 0 Å². The summed E-state index contributed by atoms with van der Waals surface area (Å²) in [5, 5.41) is 13.2. The standard InChI is InChI=1S/C21H19ClN4O3S/c1-2-3-8-30-21-24-20-18(25-26-21)12-6-4-5-7-15(12)23-19(29-20)13-9-16-17(10-14(13)22)28-11-27-16/h4-7,9-10,19,23H,2-3,8,11H2,1H3/t19-/m0/s1. The number of unbranched alkanes of at least 4 members (excludes halogenated alkanes) is 1. The zero-order valence-electron chi connectivity index (χ0n) is 16.2. The molecule has 3 aromatic rings. The summed E-state index contributed by atoms with van der Waals surface area (Å²) in [6.07, 6.45) is 1.62. The fourth-order valence-corrected chi connectivity index (χ4v) is 4.41. The third kappa shape index (κ3) is 3.61. The highest BCUT2D eigenvalue weighted by atomic mass is 35.5. The smallest absolute Gasteiger partial charge is 0.247 e. The molecule has 3 heterocycles. The van der Waals surface area contributed by atoms with E-state index in [-0.39, 0.29) is 6.79 Å². The molecule has 0 spiro atoms. The highest BCUT2D eigenvalue weighted by Gasteiger charge is 2.29. The summed E-state index contributed by atoms with van der Waals surface area (Å²) in [6, 6.07) is 11.4. The normalized spacial score (nSPS) is 16.1. The minimum absolute atomic E-state index is 0.176. The molecular weight excluding hydrogens is 424 g/mol. The summed E-state index contributed by atoms with van der Waals surface area (Å²) in [7, 11) is 0. The fraction of sp³-hybridized carbons (Fsp3) is 0.286. The quantitative estimate of drug-likeness (QED) is 0.420. The lowest BCUT2D eigenvalue weighted by atomic mass is 10.1. The number of ether oxygens (including phenoxy) is 3. The van der Waals surface area contributed by atoms with E-state index in [1.54, 1.807) is 17.8 Å². The predicted molar refractivity (Wildman–Crippen MR) is 115 cm³/mol. The third-order valence-electron chi connectivity index (χ3n) is 4.84. The van der Waals surface area contributed by atoms with Gasteiger partial charge < -0.3 is 19.5 Å². The number of aromatic nitrogens is 3. The molecule has 0 amide bonds. The minimum Gasteiger partial charge on any atom is -0.454 e. The summed E-state index contributed by atoms with van der Waals surface area (Å²) < 4.78 is 17.2. The fourth-order valence-electron chi connectivity index (χ4n) is 3.29. The predicted octanol–water partition coefficient (Wildman–Crippen LogP) is 5.32. The van der Waals surface area contributed by atoms with Gasteiger partial charge in [-0.25, -0.2) is 0 Å². The van der Waals surface area contributed by atoms with Crippen molar-refractivity contribution in [3.63, 3.8) is 0 Å². The molecule has 1 aromatic heterocycles. The van der Waals surface area contributed by atoms with Gasteiger partial charge in [0.15, 0.2) is 23.4 Å². The molecule has 2 aliphatic rings. The van der Waals surface area contributed by atoms with Crippen molar-refractivity contribution in [2.45, 2.75) is 31.1 Å². The van der Waals surface area contributed by atoms with Crippen molar-refractivity contribution >= 4 is 29.1 Å². The Morgan fingerprint density at radius 2 is 2.00 bits per heavy atom. The van der Waals surface area contributed by atoms with Gasteiger partial charge in [0.2, 0.25) is 17.8 Å². The second kappa shape index (κ2) is 8.20. The highest BCUT2D eigenvalue weighted by molar-refractivity contribution is 7.99. The van der Waals surface area contributed by atoms with Crippen LogP contribution in [-0.4, -0.2) is 27.7 Å². The topological polar surface area (TPSA) is 78.4 Å². The molecule has 0 unspecified atom stereocenters. The van der Waals surface area contributed by atoms with Crippen molar-refractivity contribution in [3.8, 4) is 28.6 Å². The number of hydrogen-bond acceptors (Lipinski definition) is 8. The van der Waals surface area contributed by atoms with Gasteiger partial charge in [0.25, 0.3) is 0 Å². The van der Waals surface area contributed by atoms with E-state index >= 15 is 0 Å². The number of hydrogen-bond donors (Lipinski definition) is 1. The van der Waals surface area contributed by atoms with Gasteiger partial charge in [0, 0.05) is 28.6 Å². The first-order valence-electron chi connectivity index (χ1n) is 9.72. The van der Waals surface area contributed by atoms with E-state index in [1.165, 1.54) is 0 Å². The van der Waals surface area contributed by atoms with Crippen LogP contribution in [-0.2, 0) is 0 Å². The number of fused-ring (bicyclic) bond motifs is 4. The second-order valence-corrected chi connectivity index (χ2v) is 8.33. The molecule has 0 fully saturated rings. The zero-order valence-corrected chi connectivity index (χ0v) is 17.8. The largest absolute Gasteiger partial charge is 0.454 e. The molecule has 0 saturated heterocycles. The number of benzene rings is 2. The highest BCUT2D eigenvalue weighted by Crippen LogP contribution is 2.44. The number of thioether (sulfide) groups is 1. The summed E-state index contributed by atoms with van der Waals surface area (Å²) in [5.74, 6) is 2.61. The van der Waals surface area contributed by atoms with Crippen molar-refractivity contribution in [1.29, 1.82) is 0 Å². The Kier molecular flexibility index (Phi) is 5.26. The first-order valence-corrected chi connectivity index (χ1v) is 11.1. The van der Waals surface area contributed by atoms with Gasteiger partial charge in [-0.15, -0.1) is 10.2 Å². The van der Waals surface area contributed by atoms with Crippen LogP contribution in [0.25, 0.3) is 11.3 Å². The minimum atomic E-state index is -0.584. The van der Waals surface area contributed by atoms with E-state index in [1.807, 2.05) is 30.3 Å². The van der Waals surface area contributed by atoms with E-state index in [4.69, 9.17) is 25.8 Å². The van der Waals surface area contributed by atoms with Crippen LogP contribution in [0.4, 0.5) is 5.69 Å². The van der Waals surface area contributed by atoms with Crippen LogP contribution >= 0.6 is 23.4 Å². The molecule has 0 bridgehead atoms. The molecule has 1 atom stereocenters. The Morgan fingerprint density at radius 3 is 2.87 bits per heavy atom. The summed E-state index contributed by atoms with van der Waals surface area (Å²) in [4.78, 5) is 4.65. The number of nitrogens with zero attached hydrogens (tertiary/aromatic N) is 3. The van der Waals surface area contributed by atoms with Gasteiger partial charge in [-0.1, -0.05) is 54.9 Å². The van der Waals surface area contributed by atoms with Gasteiger partial charge in [-0.3, -0.25) is 0 Å². The van der Waals surface area contributed by atoms with Crippen LogP contribution < -0.4 is 19.5 Å². The number of para-hydroxylation sites is 1. The van der Waals surface area contributed by atoms with Crippen LogP contribution in [0.1, 0.15) is 31.6 Å². The molecule has 0 radical (unpaired) electrons. The Morgan fingerprint density at radius 1 is 1.17 bits per heavy atom. The monoisotopic (exact) mass is 442 g/mol. The van der Waals surface area contributed by atoms with E-state index < -0.39 is 6.23 Å². The summed E-state index contributed by atoms with van der Waals surface area (Å²) >= 11 is 8.13. The molecule has 5 rings (SSSR count). The zero-order chi connectivity index (χ0) is 20.5. The van der Waals surface area contributed by atoms with E-state index in [9.17, 15) is 0 Å². The summed E-state index contributed by atoms with van der Waals surface area (Å²) in [6.45, 7) is 2.33. The number of anilines is 1. The Hall–Kier alpha value is -2.71. The molecule has 7 nitrogen and oxygen atoms in total. The number of halogens is 1. The molecule has 1 N–H and O–H groups in total. The number of nitrogens with one attached hydrogen (secondary N) is 1. The van der Waals surface area contributed by atoms with Crippen molar-refractivity contribution < 1.29 is 14.2 Å². The molecule has 9 heteroatoms. The molecule has 154 valence electrons. The third-order valence-corrected chi connectivity index (χ3v) is 6.09. The first kappa shape index (κ1) is 19.3. The van der Waals surface area contributed by atoms with Crippen LogP contribution in [0.15, 0.2) is 41.6 Å². The van der Waals surface area contributed by atoms with E-state index in [2.05, 4.69) is 27.4 Å². The molecule has 2 aliphatic heterocycles. The average Bonchev–Trinajstić information content (AvgIpc) is 3.14. The lowest BCUT2D eigenvalue weighted by Crippen LogP contribution is -2.17. The molecule has 0 aliphatic carbocycles. The number of rotatable bonds is 5. The maximum absolute atomic E-state index is 6.56. The first-order chi connectivity index (χ1) is 14.7. The SMILES string of the molecule is CCCCSc1nnc2c(n1)O[C@@H](c1cc3c(cc1Cl)OCO3)Nc1ccccc1-2. The van der Waals surface area contributed by atoms with Crippen molar-refractivity contribution in [2.75, 3.05) is 17.9 Å². The van der Waals surface area contributed by atoms with Crippen LogP contribution in [0.2, 0.25) is 5.02 Å². The second-order valence-electron chi connectivity index (χ2n) is 6.86. The lowest BCUT2D eigenvalue weighted by molar-refractivity contribution is 0.173. The molecule has 0 saturated carbocycles. The van der Waals surface area contributed by atoms with Crippen molar-refractivity contribution in [3.05, 3.63) is 47.0 Å². The lowest BCUT2D eigenvalue weighted by Gasteiger charge is -2.20. The van der Waals surface area contributed by atoms with Gasteiger partial charge in [0.1, 0.15) is 0 Å². The van der Waals surface area contributed by atoms with Crippen LogP contribution in [0.5, 0.6) is 17.4 Å². The molecule has 30 heavy (non-hydrogen) atoms. The average molecular weight is 443 g/mol. The Bertz CT molecular complexity index is 1100. The van der Waals surface area contributed by atoms with E-state index in [0.29, 0.717) is 33.3 Å². The van der Waals surface area contributed by atoms with E-state index in [0.717, 1.165) is 35.4 Å². The van der Waals surface area contributed by atoms with Gasteiger partial charge in [0.05, 0.1) is 5.02 Å².